The Kier molecular flexibility index (Phi) is 4.45. The summed E-state index contributed by atoms with van der Waals surface area (Å²) in [6.45, 7) is 2.09. The van der Waals surface area contributed by atoms with E-state index in [1.54, 1.807) is 0 Å². The van der Waals surface area contributed by atoms with Crippen molar-refractivity contribution >= 4 is 0 Å². The minimum absolute atomic E-state index is 0.161. The molecule has 2 nitrogen and oxygen atoms in total. The van der Waals surface area contributed by atoms with Gasteiger partial charge in [0.15, 0.2) is 0 Å². The number of nitrogens with two attached hydrogens (primary N) is 1. The minimum Gasteiger partial charge on any atom is -0.464 e. The van der Waals surface area contributed by atoms with Crippen molar-refractivity contribution in [1.29, 1.82) is 0 Å². The van der Waals surface area contributed by atoms with Crippen LogP contribution in [0.1, 0.15) is 73.6 Å². The predicted octanol–water partition coefficient (Wildman–Crippen LogP) is 4.94. The van der Waals surface area contributed by atoms with Crippen LogP contribution >= 0.6 is 0 Å². The molecule has 21 heavy (non-hydrogen) atoms. The first-order valence-corrected chi connectivity index (χ1v) is 8.22. The van der Waals surface area contributed by atoms with Gasteiger partial charge in [-0.1, -0.05) is 50.5 Å². The molecule has 1 aliphatic carbocycles. The van der Waals surface area contributed by atoms with E-state index >= 15 is 0 Å². The summed E-state index contributed by atoms with van der Waals surface area (Å²) in [7, 11) is 0. The topological polar surface area (TPSA) is 39.2 Å². The fourth-order valence-corrected chi connectivity index (χ4v) is 3.33. The Hall–Kier alpha value is -1.54. The lowest BCUT2D eigenvalue weighted by atomic mass is 9.83. The monoisotopic (exact) mass is 283 g/mol. The minimum atomic E-state index is -0.161. The molecule has 112 valence electrons. The van der Waals surface area contributed by atoms with Crippen LogP contribution in [0.3, 0.4) is 0 Å². The summed E-state index contributed by atoms with van der Waals surface area (Å²) < 4.78 is 5.77. The molecule has 1 saturated carbocycles. The van der Waals surface area contributed by atoms with E-state index in [1.165, 1.54) is 37.7 Å². The third kappa shape index (κ3) is 3.21. The molecule has 0 radical (unpaired) electrons. The zero-order valence-electron chi connectivity index (χ0n) is 12.8. The summed E-state index contributed by atoms with van der Waals surface area (Å²) in [6.07, 6.45) is 7.73. The smallest absolute Gasteiger partial charge is 0.125 e. The van der Waals surface area contributed by atoms with Gasteiger partial charge in [-0.05, 0) is 42.0 Å². The molecule has 0 saturated heterocycles. The molecule has 0 spiro atoms. The van der Waals surface area contributed by atoms with Crippen LogP contribution in [0.2, 0.25) is 0 Å². The fourth-order valence-electron chi connectivity index (χ4n) is 3.33. The first kappa shape index (κ1) is 14.4. The van der Waals surface area contributed by atoms with Crippen LogP contribution in [0.15, 0.2) is 40.8 Å². The van der Waals surface area contributed by atoms with Gasteiger partial charge in [-0.25, -0.2) is 0 Å². The molecule has 1 aromatic carbocycles. The van der Waals surface area contributed by atoms with Gasteiger partial charge in [-0.3, -0.25) is 0 Å². The van der Waals surface area contributed by atoms with E-state index in [-0.39, 0.29) is 6.04 Å². The molecule has 2 aromatic rings. The van der Waals surface area contributed by atoms with Crippen molar-refractivity contribution in [1.82, 2.24) is 0 Å². The van der Waals surface area contributed by atoms with Crippen LogP contribution in [-0.2, 0) is 6.42 Å². The van der Waals surface area contributed by atoms with Crippen molar-refractivity contribution in [2.24, 2.45) is 5.73 Å². The maximum Gasteiger partial charge on any atom is 0.125 e. The molecule has 0 amide bonds. The quantitative estimate of drug-likeness (QED) is 0.863. The Morgan fingerprint density at radius 2 is 1.76 bits per heavy atom. The van der Waals surface area contributed by atoms with E-state index in [4.69, 9.17) is 10.2 Å². The number of hydrogen-bond acceptors (Lipinski definition) is 2. The first-order valence-electron chi connectivity index (χ1n) is 8.22. The maximum atomic E-state index is 6.32. The summed E-state index contributed by atoms with van der Waals surface area (Å²) >= 11 is 0. The van der Waals surface area contributed by atoms with Gasteiger partial charge in [0.1, 0.15) is 11.5 Å². The van der Waals surface area contributed by atoms with Gasteiger partial charge in [0, 0.05) is 6.42 Å². The molecule has 1 unspecified atom stereocenters. The van der Waals surface area contributed by atoms with E-state index in [0.29, 0.717) is 0 Å². The molecule has 0 aliphatic heterocycles. The van der Waals surface area contributed by atoms with Crippen LogP contribution in [0.5, 0.6) is 0 Å². The average molecular weight is 283 g/mol. The Bertz CT molecular complexity index is 564. The Morgan fingerprint density at radius 3 is 2.38 bits per heavy atom. The fraction of sp³-hybridized carbons (Fsp3) is 0.474. The zero-order chi connectivity index (χ0) is 14.7. The molecule has 1 fully saturated rings. The number of hydrogen-bond donors (Lipinski definition) is 1. The highest BCUT2D eigenvalue weighted by Gasteiger charge is 2.17. The van der Waals surface area contributed by atoms with Crippen LogP contribution in [0.4, 0.5) is 0 Å². The molecule has 2 heteroatoms. The summed E-state index contributed by atoms with van der Waals surface area (Å²) in [5.41, 5.74) is 8.92. The van der Waals surface area contributed by atoms with Crippen molar-refractivity contribution in [3.05, 3.63) is 59.0 Å². The van der Waals surface area contributed by atoms with E-state index in [1.807, 2.05) is 12.1 Å². The highest BCUT2D eigenvalue weighted by atomic mass is 16.3. The zero-order valence-corrected chi connectivity index (χ0v) is 12.8. The van der Waals surface area contributed by atoms with E-state index in [2.05, 4.69) is 31.2 Å². The molecule has 1 aliphatic rings. The number of aryl methyl sites for hydroxylation is 1. The van der Waals surface area contributed by atoms with Crippen molar-refractivity contribution in [3.63, 3.8) is 0 Å². The lowest BCUT2D eigenvalue weighted by Crippen LogP contribution is -2.11. The van der Waals surface area contributed by atoms with Gasteiger partial charge >= 0.3 is 0 Å². The second-order valence-electron chi connectivity index (χ2n) is 6.14. The van der Waals surface area contributed by atoms with E-state index in [0.717, 1.165) is 29.4 Å². The van der Waals surface area contributed by atoms with Gasteiger partial charge in [-0.15, -0.1) is 0 Å². The van der Waals surface area contributed by atoms with Gasteiger partial charge < -0.3 is 10.2 Å². The predicted molar refractivity (Wildman–Crippen MR) is 86.4 cm³/mol. The molecule has 1 atom stereocenters. The van der Waals surface area contributed by atoms with Crippen LogP contribution < -0.4 is 5.73 Å². The summed E-state index contributed by atoms with van der Waals surface area (Å²) in [5, 5.41) is 0. The highest BCUT2D eigenvalue weighted by Crippen LogP contribution is 2.33. The number of furan rings is 1. The van der Waals surface area contributed by atoms with Crippen LogP contribution in [-0.4, -0.2) is 0 Å². The van der Waals surface area contributed by atoms with Crippen molar-refractivity contribution < 1.29 is 4.42 Å². The SMILES string of the molecule is CCc1ccc(C(N)c2ccc(C3CCCCC3)cc2)o1. The second kappa shape index (κ2) is 6.48. The average Bonchev–Trinajstić information content (AvgIpc) is 3.04. The Balaban J connectivity index is 1.73. The molecule has 2 N–H and O–H groups in total. The molecule has 1 aromatic heterocycles. The number of rotatable bonds is 4. The van der Waals surface area contributed by atoms with Crippen LogP contribution in [0.25, 0.3) is 0 Å². The molecule has 1 heterocycles. The highest BCUT2D eigenvalue weighted by molar-refractivity contribution is 5.31. The Labute approximate surface area is 127 Å². The summed E-state index contributed by atoms with van der Waals surface area (Å²) in [4.78, 5) is 0. The lowest BCUT2D eigenvalue weighted by molar-refractivity contribution is 0.443. The van der Waals surface area contributed by atoms with Crippen molar-refractivity contribution in [2.45, 2.75) is 57.4 Å². The summed E-state index contributed by atoms with van der Waals surface area (Å²) in [6, 6.07) is 12.7. The standard InChI is InChI=1S/C19H25NO/c1-2-17-12-13-18(21-17)19(20)16-10-8-15(9-11-16)14-6-4-3-5-7-14/h8-14,19H,2-7,20H2,1H3. The van der Waals surface area contributed by atoms with E-state index in [9.17, 15) is 0 Å². The largest absolute Gasteiger partial charge is 0.464 e. The normalized spacial score (nSPS) is 17.8. The molecular weight excluding hydrogens is 258 g/mol. The van der Waals surface area contributed by atoms with Gasteiger partial charge in [0.05, 0.1) is 6.04 Å². The van der Waals surface area contributed by atoms with Crippen LogP contribution in [0, 0.1) is 0 Å². The third-order valence-electron chi connectivity index (χ3n) is 4.71. The first-order chi connectivity index (χ1) is 10.3. The molecular formula is C19H25NO. The van der Waals surface area contributed by atoms with Gasteiger partial charge in [-0.2, -0.15) is 0 Å². The second-order valence-corrected chi connectivity index (χ2v) is 6.14. The lowest BCUT2D eigenvalue weighted by Gasteiger charge is -2.22. The Morgan fingerprint density at radius 1 is 1.05 bits per heavy atom. The molecule has 3 rings (SSSR count). The van der Waals surface area contributed by atoms with Crippen molar-refractivity contribution in [3.8, 4) is 0 Å². The van der Waals surface area contributed by atoms with Crippen molar-refractivity contribution in [2.75, 3.05) is 0 Å². The molecule has 0 bridgehead atoms. The summed E-state index contributed by atoms with van der Waals surface area (Å²) in [5.74, 6) is 2.61. The third-order valence-corrected chi connectivity index (χ3v) is 4.71. The van der Waals surface area contributed by atoms with Gasteiger partial charge in [0.2, 0.25) is 0 Å². The maximum absolute atomic E-state index is 6.32. The van der Waals surface area contributed by atoms with E-state index < -0.39 is 0 Å². The number of benzene rings is 1. The van der Waals surface area contributed by atoms with Gasteiger partial charge in [0.25, 0.3) is 0 Å².